The summed E-state index contributed by atoms with van der Waals surface area (Å²) in [6.07, 6.45) is 0. The number of para-hydroxylation sites is 2. The second-order valence-corrected chi connectivity index (χ2v) is 10.4. The normalized spacial score (nSPS) is 11.8. The Morgan fingerprint density at radius 3 is 1.32 bits per heavy atom. The van der Waals surface area contributed by atoms with Crippen LogP contribution in [0.5, 0.6) is 0 Å². The number of aromatic nitrogens is 2. The highest BCUT2D eigenvalue weighted by Gasteiger charge is 2.18. The third-order valence-electron chi connectivity index (χ3n) is 6.60. The van der Waals surface area contributed by atoms with E-state index in [9.17, 15) is 0 Å². The highest BCUT2D eigenvalue weighted by atomic mass is 79.9. The van der Waals surface area contributed by atoms with Gasteiger partial charge < -0.3 is 9.13 Å². The molecule has 0 radical (unpaired) electrons. The summed E-state index contributed by atoms with van der Waals surface area (Å²) in [4.78, 5) is 0. The molecule has 34 heavy (non-hydrogen) atoms. The standard InChI is InChI=1S/C30H18Br2N2/c31-19-7-5-9-21(15-19)33-27-13-3-1-11-23(27)25-17-26-24-12-2-4-14-28(24)34(30(26)18-29(25)33)22-10-6-8-20(32)16-22/h1-18H. The van der Waals surface area contributed by atoms with Gasteiger partial charge in [0.1, 0.15) is 0 Å². The number of hydrogen-bond acceptors (Lipinski definition) is 0. The van der Waals surface area contributed by atoms with E-state index in [0.717, 1.165) is 20.3 Å². The zero-order chi connectivity index (χ0) is 22.8. The van der Waals surface area contributed by atoms with Crippen molar-refractivity contribution in [2.24, 2.45) is 0 Å². The number of benzene rings is 5. The van der Waals surface area contributed by atoms with Crippen LogP contribution in [0.3, 0.4) is 0 Å². The minimum atomic E-state index is 1.07. The monoisotopic (exact) mass is 564 g/mol. The average Bonchev–Trinajstić information content (AvgIpc) is 3.35. The van der Waals surface area contributed by atoms with E-state index in [2.05, 4.69) is 150 Å². The van der Waals surface area contributed by atoms with Crippen molar-refractivity contribution in [1.82, 2.24) is 9.13 Å². The Morgan fingerprint density at radius 1 is 0.382 bits per heavy atom. The predicted octanol–water partition coefficient (Wildman–Crippen LogP) is 9.41. The summed E-state index contributed by atoms with van der Waals surface area (Å²) in [7, 11) is 0. The predicted molar refractivity (Wildman–Crippen MR) is 151 cm³/mol. The van der Waals surface area contributed by atoms with Gasteiger partial charge in [-0.1, -0.05) is 80.4 Å². The third-order valence-corrected chi connectivity index (χ3v) is 7.59. The lowest BCUT2D eigenvalue weighted by Gasteiger charge is -2.10. The van der Waals surface area contributed by atoms with Gasteiger partial charge in [-0.15, -0.1) is 0 Å². The van der Waals surface area contributed by atoms with Crippen molar-refractivity contribution < 1.29 is 0 Å². The molecule has 0 spiro atoms. The second kappa shape index (κ2) is 7.59. The van der Waals surface area contributed by atoms with E-state index < -0.39 is 0 Å². The van der Waals surface area contributed by atoms with Crippen molar-refractivity contribution in [3.63, 3.8) is 0 Å². The van der Waals surface area contributed by atoms with Gasteiger partial charge in [-0.2, -0.15) is 0 Å². The Kier molecular flexibility index (Phi) is 4.48. The van der Waals surface area contributed by atoms with Crippen molar-refractivity contribution in [2.75, 3.05) is 0 Å². The fraction of sp³-hybridized carbons (Fsp3) is 0. The molecule has 4 heteroatoms. The quantitative estimate of drug-likeness (QED) is 0.197. The molecule has 0 bridgehead atoms. The summed E-state index contributed by atoms with van der Waals surface area (Å²) < 4.78 is 6.88. The molecule has 0 aliphatic heterocycles. The van der Waals surface area contributed by atoms with Crippen LogP contribution in [0.25, 0.3) is 55.0 Å². The molecule has 2 aromatic heterocycles. The van der Waals surface area contributed by atoms with Crippen LogP contribution in [-0.4, -0.2) is 9.13 Å². The summed E-state index contributed by atoms with van der Waals surface area (Å²) in [6, 6.07) is 39.1. The van der Waals surface area contributed by atoms with E-state index in [4.69, 9.17) is 0 Å². The molecule has 0 amide bonds. The molecular weight excluding hydrogens is 548 g/mol. The van der Waals surface area contributed by atoms with E-state index in [1.54, 1.807) is 0 Å². The lowest BCUT2D eigenvalue weighted by atomic mass is 10.1. The fourth-order valence-corrected chi connectivity index (χ4v) is 5.99. The van der Waals surface area contributed by atoms with Crippen LogP contribution < -0.4 is 0 Å². The van der Waals surface area contributed by atoms with Gasteiger partial charge in [0, 0.05) is 41.9 Å². The van der Waals surface area contributed by atoms with Crippen LogP contribution in [0, 0.1) is 0 Å². The summed E-state index contributed by atoms with van der Waals surface area (Å²) in [5, 5.41) is 5.05. The maximum Gasteiger partial charge on any atom is 0.0562 e. The Morgan fingerprint density at radius 2 is 0.853 bits per heavy atom. The number of fused-ring (bicyclic) bond motifs is 6. The van der Waals surface area contributed by atoms with E-state index >= 15 is 0 Å². The molecule has 7 aromatic rings. The average molecular weight is 566 g/mol. The molecular formula is C30H18Br2N2. The Bertz CT molecular complexity index is 1760. The van der Waals surface area contributed by atoms with Crippen LogP contribution >= 0.6 is 31.9 Å². The maximum absolute atomic E-state index is 3.67. The Labute approximate surface area is 213 Å². The zero-order valence-corrected chi connectivity index (χ0v) is 21.2. The molecule has 2 heterocycles. The Hall–Kier alpha value is -3.34. The van der Waals surface area contributed by atoms with Gasteiger partial charge in [0.05, 0.1) is 22.1 Å². The summed E-state index contributed by atoms with van der Waals surface area (Å²) in [6.45, 7) is 0. The van der Waals surface area contributed by atoms with Gasteiger partial charge >= 0.3 is 0 Å². The molecule has 162 valence electrons. The van der Waals surface area contributed by atoms with Gasteiger partial charge in [0.2, 0.25) is 0 Å². The van der Waals surface area contributed by atoms with Crippen LogP contribution in [-0.2, 0) is 0 Å². The largest absolute Gasteiger partial charge is 0.309 e. The first kappa shape index (κ1) is 20.1. The van der Waals surface area contributed by atoms with Gasteiger partial charge in [0.15, 0.2) is 0 Å². The van der Waals surface area contributed by atoms with Gasteiger partial charge in [0.25, 0.3) is 0 Å². The van der Waals surface area contributed by atoms with Crippen molar-refractivity contribution in [3.05, 3.63) is 118 Å². The highest BCUT2D eigenvalue weighted by Crippen LogP contribution is 2.39. The van der Waals surface area contributed by atoms with E-state index in [0.29, 0.717) is 0 Å². The SMILES string of the molecule is Brc1cccc(-n2c3ccccc3c3cc4c5ccccc5n(-c5cccc(Br)c5)c4cc32)c1. The van der Waals surface area contributed by atoms with Crippen LogP contribution in [0.4, 0.5) is 0 Å². The number of rotatable bonds is 2. The minimum Gasteiger partial charge on any atom is -0.309 e. The van der Waals surface area contributed by atoms with Gasteiger partial charge in [-0.25, -0.2) is 0 Å². The lowest BCUT2D eigenvalue weighted by Crippen LogP contribution is -1.96. The molecule has 0 N–H and O–H groups in total. The molecule has 0 unspecified atom stereocenters. The fourth-order valence-electron chi connectivity index (χ4n) is 5.22. The molecule has 0 saturated heterocycles. The molecule has 0 aliphatic rings. The number of hydrogen-bond donors (Lipinski definition) is 0. The first-order chi connectivity index (χ1) is 16.7. The highest BCUT2D eigenvalue weighted by molar-refractivity contribution is 9.10. The first-order valence-corrected chi connectivity index (χ1v) is 12.8. The lowest BCUT2D eigenvalue weighted by molar-refractivity contribution is 1.16. The molecule has 0 aliphatic carbocycles. The van der Waals surface area contributed by atoms with Crippen molar-refractivity contribution in [2.45, 2.75) is 0 Å². The first-order valence-electron chi connectivity index (χ1n) is 11.2. The van der Waals surface area contributed by atoms with E-state index in [-0.39, 0.29) is 0 Å². The topological polar surface area (TPSA) is 9.86 Å². The van der Waals surface area contributed by atoms with Crippen molar-refractivity contribution in [3.8, 4) is 11.4 Å². The number of halogens is 2. The summed E-state index contributed by atoms with van der Waals surface area (Å²) >= 11 is 7.33. The summed E-state index contributed by atoms with van der Waals surface area (Å²) in [5.41, 5.74) is 7.11. The maximum atomic E-state index is 3.67. The van der Waals surface area contributed by atoms with E-state index in [1.807, 2.05) is 0 Å². The smallest absolute Gasteiger partial charge is 0.0562 e. The van der Waals surface area contributed by atoms with E-state index in [1.165, 1.54) is 43.6 Å². The molecule has 5 aromatic carbocycles. The van der Waals surface area contributed by atoms with Crippen LogP contribution in [0.1, 0.15) is 0 Å². The number of nitrogens with zero attached hydrogens (tertiary/aromatic N) is 2. The molecule has 0 atom stereocenters. The zero-order valence-electron chi connectivity index (χ0n) is 18.0. The second-order valence-electron chi connectivity index (χ2n) is 8.55. The van der Waals surface area contributed by atoms with Gasteiger partial charge in [-0.05, 0) is 60.7 Å². The van der Waals surface area contributed by atoms with Crippen LogP contribution in [0.15, 0.2) is 118 Å². The molecule has 2 nitrogen and oxygen atoms in total. The third kappa shape index (κ3) is 2.92. The van der Waals surface area contributed by atoms with Gasteiger partial charge in [-0.3, -0.25) is 0 Å². The van der Waals surface area contributed by atoms with Crippen LogP contribution in [0.2, 0.25) is 0 Å². The molecule has 0 fully saturated rings. The Balaban J connectivity index is 1.69. The molecule has 7 rings (SSSR count). The van der Waals surface area contributed by atoms with Crippen molar-refractivity contribution in [1.29, 1.82) is 0 Å². The molecule has 0 saturated carbocycles. The minimum absolute atomic E-state index is 1.07. The van der Waals surface area contributed by atoms with Crippen molar-refractivity contribution >= 4 is 75.5 Å². The summed E-state index contributed by atoms with van der Waals surface area (Å²) in [5.74, 6) is 0.